The molecule has 0 unspecified atom stereocenters. The summed E-state index contributed by atoms with van der Waals surface area (Å²) in [5.41, 5.74) is 6.87. The van der Waals surface area contributed by atoms with Gasteiger partial charge in [-0.3, -0.25) is 4.98 Å². The van der Waals surface area contributed by atoms with Crippen LogP contribution in [0.15, 0.2) is 24.5 Å². The lowest BCUT2D eigenvalue weighted by Gasteiger charge is -2.22. The fourth-order valence-corrected chi connectivity index (χ4v) is 0.905. The summed E-state index contributed by atoms with van der Waals surface area (Å²) in [4.78, 5) is 4.02. The molecule has 2 heteroatoms. The van der Waals surface area contributed by atoms with E-state index in [-0.39, 0.29) is 5.54 Å². The minimum atomic E-state index is -0.228. The largest absolute Gasteiger partial charge is 0.322 e. The van der Waals surface area contributed by atoms with Crippen LogP contribution < -0.4 is 5.73 Å². The molecular formula is C9H14N2. The van der Waals surface area contributed by atoms with Gasteiger partial charge in [-0.1, -0.05) is 13.0 Å². The highest BCUT2D eigenvalue weighted by molar-refractivity contribution is 5.18. The van der Waals surface area contributed by atoms with Gasteiger partial charge in [-0.05, 0) is 25.0 Å². The highest BCUT2D eigenvalue weighted by atomic mass is 14.7. The highest BCUT2D eigenvalue weighted by Gasteiger charge is 2.17. The zero-order valence-corrected chi connectivity index (χ0v) is 7.04. The van der Waals surface area contributed by atoms with Gasteiger partial charge in [0.05, 0.1) is 0 Å². The fourth-order valence-electron chi connectivity index (χ4n) is 0.905. The van der Waals surface area contributed by atoms with E-state index in [9.17, 15) is 0 Å². The second-order valence-electron chi connectivity index (χ2n) is 3.01. The number of aromatic nitrogens is 1. The van der Waals surface area contributed by atoms with Crippen LogP contribution in [0.3, 0.4) is 0 Å². The molecule has 11 heavy (non-hydrogen) atoms. The first-order valence-electron chi connectivity index (χ1n) is 3.86. The van der Waals surface area contributed by atoms with E-state index in [1.807, 2.05) is 25.3 Å². The molecular weight excluding hydrogens is 136 g/mol. The van der Waals surface area contributed by atoms with Crippen molar-refractivity contribution in [3.8, 4) is 0 Å². The third-order valence-electron chi connectivity index (χ3n) is 2.06. The van der Waals surface area contributed by atoms with Gasteiger partial charge in [0.25, 0.3) is 0 Å². The number of nitrogens with zero attached hydrogens (tertiary/aromatic N) is 1. The summed E-state index contributed by atoms with van der Waals surface area (Å²) in [7, 11) is 0. The molecule has 2 N–H and O–H groups in total. The van der Waals surface area contributed by atoms with Gasteiger partial charge < -0.3 is 5.73 Å². The molecule has 1 aromatic rings. The summed E-state index contributed by atoms with van der Waals surface area (Å²) in [6.45, 7) is 4.09. The lowest BCUT2D eigenvalue weighted by atomic mass is 9.92. The summed E-state index contributed by atoms with van der Waals surface area (Å²) in [6.07, 6.45) is 4.51. The van der Waals surface area contributed by atoms with Crippen LogP contribution in [0.4, 0.5) is 0 Å². The van der Waals surface area contributed by atoms with Gasteiger partial charge in [-0.25, -0.2) is 0 Å². The summed E-state index contributed by atoms with van der Waals surface area (Å²) in [5, 5.41) is 0. The van der Waals surface area contributed by atoms with Crippen LogP contribution in [0, 0.1) is 0 Å². The molecule has 0 fully saturated rings. The maximum atomic E-state index is 6.00. The van der Waals surface area contributed by atoms with Crippen molar-refractivity contribution < 1.29 is 0 Å². The molecule has 0 aromatic carbocycles. The summed E-state index contributed by atoms with van der Waals surface area (Å²) >= 11 is 0. The highest BCUT2D eigenvalue weighted by Crippen LogP contribution is 2.19. The SMILES string of the molecule is CC[C@](C)(N)c1cccnc1. The van der Waals surface area contributed by atoms with Crippen molar-refractivity contribution in [3.63, 3.8) is 0 Å². The van der Waals surface area contributed by atoms with Gasteiger partial charge in [0.1, 0.15) is 0 Å². The molecule has 1 rings (SSSR count). The van der Waals surface area contributed by atoms with Crippen molar-refractivity contribution in [1.82, 2.24) is 4.98 Å². The van der Waals surface area contributed by atoms with E-state index in [1.54, 1.807) is 6.20 Å². The van der Waals surface area contributed by atoms with E-state index < -0.39 is 0 Å². The summed E-state index contributed by atoms with van der Waals surface area (Å²) < 4.78 is 0. The molecule has 0 aliphatic rings. The lowest BCUT2D eigenvalue weighted by Crippen LogP contribution is -2.31. The van der Waals surface area contributed by atoms with Gasteiger partial charge in [0.2, 0.25) is 0 Å². The number of hydrogen-bond acceptors (Lipinski definition) is 2. The van der Waals surface area contributed by atoms with Crippen molar-refractivity contribution in [3.05, 3.63) is 30.1 Å². The summed E-state index contributed by atoms with van der Waals surface area (Å²) in [5.74, 6) is 0. The molecule has 60 valence electrons. The number of pyridine rings is 1. The minimum absolute atomic E-state index is 0.228. The normalized spacial score (nSPS) is 15.9. The molecule has 0 aliphatic heterocycles. The van der Waals surface area contributed by atoms with Crippen molar-refractivity contribution in [2.24, 2.45) is 5.73 Å². The minimum Gasteiger partial charge on any atom is -0.322 e. The Hall–Kier alpha value is -0.890. The van der Waals surface area contributed by atoms with Crippen LogP contribution in [0.1, 0.15) is 25.8 Å². The molecule has 0 saturated carbocycles. The van der Waals surface area contributed by atoms with E-state index in [1.165, 1.54) is 0 Å². The molecule has 0 aliphatic carbocycles. The van der Waals surface area contributed by atoms with Crippen LogP contribution in [0.2, 0.25) is 0 Å². The second kappa shape index (κ2) is 3.01. The smallest absolute Gasteiger partial charge is 0.0393 e. The Labute approximate surface area is 67.5 Å². The van der Waals surface area contributed by atoms with Crippen molar-refractivity contribution >= 4 is 0 Å². The van der Waals surface area contributed by atoms with Crippen molar-refractivity contribution in [1.29, 1.82) is 0 Å². The van der Waals surface area contributed by atoms with Crippen LogP contribution in [-0.2, 0) is 5.54 Å². The van der Waals surface area contributed by atoms with E-state index in [4.69, 9.17) is 5.73 Å². The Balaban J connectivity index is 2.93. The Bertz CT molecular complexity index is 216. The van der Waals surface area contributed by atoms with E-state index in [2.05, 4.69) is 11.9 Å². The van der Waals surface area contributed by atoms with Crippen LogP contribution in [-0.4, -0.2) is 4.98 Å². The molecule has 1 atom stereocenters. The molecule has 1 aromatic heterocycles. The number of hydrogen-bond donors (Lipinski definition) is 1. The maximum Gasteiger partial charge on any atom is 0.0393 e. The second-order valence-corrected chi connectivity index (χ2v) is 3.01. The van der Waals surface area contributed by atoms with Gasteiger partial charge in [-0.2, -0.15) is 0 Å². The molecule has 2 nitrogen and oxygen atoms in total. The predicted octanol–water partition coefficient (Wildman–Crippen LogP) is 1.67. The third-order valence-corrected chi connectivity index (χ3v) is 2.06. The molecule has 0 spiro atoms. The average molecular weight is 150 g/mol. The average Bonchev–Trinajstić information content (AvgIpc) is 2.06. The van der Waals surface area contributed by atoms with Crippen molar-refractivity contribution in [2.75, 3.05) is 0 Å². The molecule has 0 bridgehead atoms. The van der Waals surface area contributed by atoms with E-state index in [0.717, 1.165) is 12.0 Å². The molecule has 0 saturated heterocycles. The molecule has 0 amide bonds. The third kappa shape index (κ3) is 1.77. The standard InChI is InChI=1S/C9H14N2/c1-3-9(2,10)8-5-4-6-11-7-8/h4-7H,3,10H2,1-2H3/t9-/m0/s1. The van der Waals surface area contributed by atoms with Gasteiger partial charge in [0, 0.05) is 17.9 Å². The fraction of sp³-hybridized carbons (Fsp3) is 0.444. The Morgan fingerprint density at radius 1 is 1.64 bits per heavy atom. The van der Waals surface area contributed by atoms with Gasteiger partial charge >= 0.3 is 0 Å². The van der Waals surface area contributed by atoms with E-state index in [0.29, 0.717) is 0 Å². The summed E-state index contributed by atoms with van der Waals surface area (Å²) in [6, 6.07) is 3.92. The van der Waals surface area contributed by atoms with Crippen LogP contribution >= 0.6 is 0 Å². The van der Waals surface area contributed by atoms with Crippen molar-refractivity contribution in [2.45, 2.75) is 25.8 Å². The maximum absolute atomic E-state index is 6.00. The first-order valence-corrected chi connectivity index (χ1v) is 3.86. The monoisotopic (exact) mass is 150 g/mol. The van der Waals surface area contributed by atoms with Gasteiger partial charge in [0.15, 0.2) is 0 Å². The predicted molar refractivity (Wildman–Crippen MR) is 46.1 cm³/mol. The van der Waals surface area contributed by atoms with Crippen LogP contribution in [0.25, 0.3) is 0 Å². The Morgan fingerprint density at radius 2 is 2.36 bits per heavy atom. The van der Waals surface area contributed by atoms with E-state index >= 15 is 0 Å². The lowest BCUT2D eigenvalue weighted by molar-refractivity contribution is 0.475. The van der Waals surface area contributed by atoms with Crippen LogP contribution in [0.5, 0.6) is 0 Å². The first-order chi connectivity index (χ1) is 5.17. The molecule has 1 heterocycles. The topological polar surface area (TPSA) is 38.9 Å². The first kappa shape index (κ1) is 8.21. The number of rotatable bonds is 2. The molecule has 0 radical (unpaired) electrons. The zero-order valence-electron chi connectivity index (χ0n) is 7.04. The number of nitrogens with two attached hydrogens (primary N) is 1. The van der Waals surface area contributed by atoms with Gasteiger partial charge in [-0.15, -0.1) is 0 Å². The Morgan fingerprint density at radius 3 is 2.82 bits per heavy atom. The Kier molecular flexibility index (Phi) is 2.25. The zero-order chi connectivity index (χ0) is 8.32. The quantitative estimate of drug-likeness (QED) is 0.696.